The molecule has 0 aromatic heterocycles. The van der Waals surface area contributed by atoms with Crippen molar-refractivity contribution in [3.63, 3.8) is 0 Å². The Balaban J connectivity index is 1.99. The molecule has 0 saturated heterocycles. The van der Waals surface area contributed by atoms with E-state index in [4.69, 9.17) is 4.74 Å². The summed E-state index contributed by atoms with van der Waals surface area (Å²) in [6.07, 6.45) is 5.71. The van der Waals surface area contributed by atoms with Gasteiger partial charge in [-0.2, -0.15) is 0 Å². The molecule has 0 radical (unpaired) electrons. The van der Waals surface area contributed by atoms with Crippen molar-refractivity contribution in [2.75, 3.05) is 6.61 Å². The smallest absolute Gasteiger partial charge is 0.302 e. The van der Waals surface area contributed by atoms with E-state index in [1.54, 1.807) is 6.08 Å². The van der Waals surface area contributed by atoms with Crippen LogP contribution in [0.2, 0.25) is 0 Å². The number of Topliss-reactive ketones (excluding diaryl/α,β-unsaturated/α-hetero) is 1. The number of carbonyl (C=O) groups is 2. The molecule has 4 nitrogen and oxygen atoms in total. The molecule has 2 saturated carbocycles. The number of hydrogen-bond donors (Lipinski definition) is 1. The first-order valence-corrected chi connectivity index (χ1v) is 9.78. The van der Waals surface area contributed by atoms with Gasteiger partial charge in [0.1, 0.15) is 6.61 Å². The second kappa shape index (κ2) is 6.63. The summed E-state index contributed by atoms with van der Waals surface area (Å²) >= 11 is 0. The molecule has 3 aliphatic rings. The van der Waals surface area contributed by atoms with Crippen LogP contribution in [-0.2, 0) is 14.3 Å². The molecule has 144 valence electrons. The summed E-state index contributed by atoms with van der Waals surface area (Å²) in [5, 5.41) is 11.2. The zero-order chi connectivity index (χ0) is 19.3. The van der Waals surface area contributed by atoms with E-state index in [9.17, 15) is 14.7 Å². The molecule has 4 heteroatoms. The van der Waals surface area contributed by atoms with E-state index in [1.807, 2.05) is 0 Å². The number of hydrogen-bond acceptors (Lipinski definition) is 4. The maximum atomic E-state index is 12.8. The van der Waals surface area contributed by atoms with Crippen molar-refractivity contribution in [1.82, 2.24) is 0 Å². The average molecular weight is 360 g/mol. The SMILES string of the molecule is C=C(C)C1CC[C@]2(C)CC[C@@]3(C)CC(=O)C(COC(C)=O)=C[C@H](O)[C@@H]3[C@@H]12. The Morgan fingerprint density at radius 1 is 1.23 bits per heavy atom. The van der Waals surface area contributed by atoms with Crippen LogP contribution >= 0.6 is 0 Å². The minimum absolute atomic E-state index is 0.00350. The Labute approximate surface area is 156 Å². The number of rotatable bonds is 3. The third kappa shape index (κ3) is 3.17. The zero-order valence-electron chi connectivity index (χ0n) is 16.5. The van der Waals surface area contributed by atoms with E-state index in [2.05, 4.69) is 27.4 Å². The first-order valence-electron chi connectivity index (χ1n) is 9.78. The molecule has 0 heterocycles. The largest absolute Gasteiger partial charge is 0.461 e. The van der Waals surface area contributed by atoms with Crippen molar-refractivity contribution in [3.8, 4) is 0 Å². The van der Waals surface area contributed by atoms with Crippen LogP contribution in [0, 0.1) is 28.6 Å². The summed E-state index contributed by atoms with van der Waals surface area (Å²) in [7, 11) is 0. The third-order valence-corrected chi connectivity index (χ3v) is 7.45. The lowest BCUT2D eigenvalue weighted by atomic mass is 9.50. The van der Waals surface area contributed by atoms with Crippen molar-refractivity contribution in [1.29, 1.82) is 0 Å². The lowest BCUT2D eigenvalue weighted by molar-refractivity contribution is -0.140. The van der Waals surface area contributed by atoms with Crippen LogP contribution in [0.15, 0.2) is 23.8 Å². The predicted molar refractivity (Wildman–Crippen MR) is 100 cm³/mol. The molecule has 2 fully saturated rings. The van der Waals surface area contributed by atoms with E-state index in [1.165, 1.54) is 12.5 Å². The van der Waals surface area contributed by atoms with E-state index >= 15 is 0 Å². The molecule has 1 N–H and O–H groups in total. The number of esters is 1. The van der Waals surface area contributed by atoms with Gasteiger partial charge in [-0.15, -0.1) is 0 Å². The molecule has 0 aromatic carbocycles. The molecule has 0 aromatic rings. The summed E-state index contributed by atoms with van der Waals surface area (Å²) in [5.41, 5.74) is 1.60. The maximum absolute atomic E-state index is 12.8. The lowest BCUT2D eigenvalue weighted by Gasteiger charge is -2.54. The summed E-state index contributed by atoms with van der Waals surface area (Å²) in [6, 6.07) is 0. The van der Waals surface area contributed by atoms with Crippen LogP contribution in [0.3, 0.4) is 0 Å². The van der Waals surface area contributed by atoms with Gasteiger partial charge in [0.2, 0.25) is 0 Å². The Morgan fingerprint density at radius 2 is 1.88 bits per heavy atom. The predicted octanol–water partition coefficient (Wildman–Crippen LogP) is 3.83. The van der Waals surface area contributed by atoms with Crippen LogP contribution in [0.25, 0.3) is 0 Å². The fourth-order valence-corrected chi connectivity index (χ4v) is 6.04. The highest BCUT2D eigenvalue weighted by molar-refractivity contribution is 5.96. The Hall–Kier alpha value is -1.42. The number of aliphatic hydroxyl groups is 1. The Kier molecular flexibility index (Phi) is 4.93. The Bertz CT molecular complexity index is 663. The number of carbonyl (C=O) groups excluding carboxylic acids is 2. The van der Waals surface area contributed by atoms with Gasteiger partial charge >= 0.3 is 5.97 Å². The summed E-state index contributed by atoms with van der Waals surface area (Å²) in [6.45, 7) is 12.1. The molecule has 0 aliphatic heterocycles. The number of fused-ring (bicyclic) bond motifs is 3. The van der Waals surface area contributed by atoms with Gasteiger partial charge in [-0.25, -0.2) is 0 Å². The molecular weight excluding hydrogens is 328 g/mol. The molecular formula is C22H32O4. The van der Waals surface area contributed by atoms with Gasteiger partial charge < -0.3 is 9.84 Å². The second-order valence-electron chi connectivity index (χ2n) is 9.41. The van der Waals surface area contributed by atoms with Crippen molar-refractivity contribution in [2.24, 2.45) is 28.6 Å². The fraction of sp³-hybridized carbons (Fsp3) is 0.727. The van der Waals surface area contributed by atoms with Crippen LogP contribution in [0.4, 0.5) is 0 Å². The fourth-order valence-electron chi connectivity index (χ4n) is 6.04. The van der Waals surface area contributed by atoms with E-state index in [0.717, 1.165) is 25.7 Å². The van der Waals surface area contributed by atoms with Gasteiger partial charge in [0.15, 0.2) is 5.78 Å². The first kappa shape index (κ1) is 19.3. The van der Waals surface area contributed by atoms with Gasteiger partial charge in [0.05, 0.1) is 6.10 Å². The Morgan fingerprint density at radius 3 is 2.50 bits per heavy atom. The number of ether oxygens (including phenoxy) is 1. The minimum Gasteiger partial charge on any atom is -0.461 e. The standard InChI is InChI=1S/C22H32O4/c1-13(2)16-6-7-21(4)8-9-22(5)11-18(25)15(12-26-14(3)23)10-17(24)20(22)19(16)21/h10,16-17,19-20,24H,1,6-9,11-12H2,2-5H3/t16?,17-,19+,20+,21+,22-/m0/s1. The number of allylic oxidation sites excluding steroid dienone is 1. The second-order valence-corrected chi connectivity index (χ2v) is 9.41. The quantitative estimate of drug-likeness (QED) is 0.614. The average Bonchev–Trinajstić information content (AvgIpc) is 2.84. The van der Waals surface area contributed by atoms with E-state index < -0.39 is 12.1 Å². The van der Waals surface area contributed by atoms with Gasteiger partial charge in [0, 0.05) is 18.9 Å². The monoisotopic (exact) mass is 360 g/mol. The van der Waals surface area contributed by atoms with Crippen LogP contribution in [0.5, 0.6) is 0 Å². The van der Waals surface area contributed by atoms with Crippen molar-refractivity contribution in [3.05, 3.63) is 23.8 Å². The lowest BCUT2D eigenvalue weighted by Crippen LogP contribution is -2.51. The van der Waals surface area contributed by atoms with E-state index in [-0.39, 0.29) is 29.1 Å². The van der Waals surface area contributed by atoms with Crippen molar-refractivity contribution >= 4 is 11.8 Å². The van der Waals surface area contributed by atoms with Gasteiger partial charge in [-0.1, -0.05) is 26.0 Å². The highest BCUT2D eigenvalue weighted by Crippen LogP contribution is 2.65. The van der Waals surface area contributed by atoms with Crippen LogP contribution in [0.1, 0.15) is 59.8 Å². The first-order chi connectivity index (χ1) is 12.1. The van der Waals surface area contributed by atoms with Gasteiger partial charge in [0.25, 0.3) is 0 Å². The third-order valence-electron chi connectivity index (χ3n) is 7.45. The zero-order valence-corrected chi connectivity index (χ0v) is 16.5. The highest BCUT2D eigenvalue weighted by Gasteiger charge is 2.59. The summed E-state index contributed by atoms with van der Waals surface area (Å²) < 4.78 is 5.05. The molecule has 0 spiro atoms. The topological polar surface area (TPSA) is 63.6 Å². The highest BCUT2D eigenvalue weighted by atomic mass is 16.5. The van der Waals surface area contributed by atoms with Gasteiger partial charge in [-0.05, 0) is 67.3 Å². The molecule has 6 atom stereocenters. The number of aliphatic hydroxyl groups excluding tert-OH is 1. The van der Waals surface area contributed by atoms with Gasteiger partial charge in [-0.3, -0.25) is 9.59 Å². The van der Waals surface area contributed by atoms with Crippen LogP contribution < -0.4 is 0 Å². The summed E-state index contributed by atoms with van der Waals surface area (Å²) in [4.78, 5) is 24.0. The molecule has 0 amide bonds. The molecule has 26 heavy (non-hydrogen) atoms. The molecule has 3 rings (SSSR count). The van der Waals surface area contributed by atoms with Crippen molar-refractivity contribution < 1.29 is 19.4 Å². The minimum atomic E-state index is -0.693. The molecule has 1 unspecified atom stereocenters. The maximum Gasteiger partial charge on any atom is 0.302 e. The summed E-state index contributed by atoms with van der Waals surface area (Å²) in [5.74, 6) is 0.364. The van der Waals surface area contributed by atoms with E-state index in [0.29, 0.717) is 23.8 Å². The van der Waals surface area contributed by atoms with Crippen molar-refractivity contribution in [2.45, 2.75) is 65.9 Å². The molecule has 0 bridgehead atoms. The van der Waals surface area contributed by atoms with Crippen LogP contribution in [-0.4, -0.2) is 29.6 Å². The molecule has 3 aliphatic carbocycles. The normalized spacial score (nSPS) is 42.3. The number of ketones is 1.